The van der Waals surface area contributed by atoms with Gasteiger partial charge in [-0.1, -0.05) is 29.8 Å². The van der Waals surface area contributed by atoms with Gasteiger partial charge in [-0.3, -0.25) is 4.57 Å². The molecule has 1 heterocycles. The van der Waals surface area contributed by atoms with Gasteiger partial charge in [0.15, 0.2) is 5.76 Å². The summed E-state index contributed by atoms with van der Waals surface area (Å²) in [6.45, 7) is 2.46. The van der Waals surface area contributed by atoms with Crippen molar-refractivity contribution in [1.82, 2.24) is 4.57 Å². The monoisotopic (exact) mass is 401 g/mol. The third-order valence-corrected chi connectivity index (χ3v) is 5.07. The Morgan fingerprint density at radius 2 is 1.30 bits per heavy atom. The molecule has 0 aliphatic rings. The van der Waals surface area contributed by atoms with Crippen molar-refractivity contribution in [2.24, 2.45) is 0 Å². The Kier molecular flexibility index (Phi) is 5.44. The van der Waals surface area contributed by atoms with Crippen LogP contribution in [0.1, 0.15) is 11.1 Å². The van der Waals surface area contributed by atoms with Gasteiger partial charge < -0.3 is 13.9 Å². The zero-order valence-electron chi connectivity index (χ0n) is 17.2. The van der Waals surface area contributed by atoms with E-state index < -0.39 is 5.76 Å². The lowest BCUT2D eigenvalue weighted by Crippen LogP contribution is -2.16. The van der Waals surface area contributed by atoms with Crippen molar-refractivity contribution < 1.29 is 13.9 Å². The topological polar surface area (TPSA) is 53.6 Å². The molecule has 0 saturated heterocycles. The molecule has 4 rings (SSSR count). The minimum absolute atomic E-state index is 0.396. The van der Waals surface area contributed by atoms with E-state index in [4.69, 9.17) is 13.9 Å². The number of aromatic nitrogens is 1. The number of hydrogen-bond acceptors (Lipinski definition) is 4. The second-order valence-electron chi connectivity index (χ2n) is 7.07. The number of aryl methyl sites for hydroxylation is 1. The largest absolute Gasteiger partial charge is 0.497 e. The maximum absolute atomic E-state index is 12.9. The predicted molar refractivity (Wildman–Crippen MR) is 117 cm³/mol. The molecule has 0 amide bonds. The van der Waals surface area contributed by atoms with E-state index in [1.54, 1.807) is 18.8 Å². The second-order valence-corrected chi connectivity index (χ2v) is 7.07. The van der Waals surface area contributed by atoms with Crippen molar-refractivity contribution in [3.8, 4) is 34.1 Å². The van der Waals surface area contributed by atoms with Crippen molar-refractivity contribution in [1.29, 1.82) is 0 Å². The van der Waals surface area contributed by atoms with Crippen molar-refractivity contribution >= 4 is 0 Å². The quantitative estimate of drug-likeness (QED) is 0.448. The number of methoxy groups -OCH3 is 2. The third-order valence-electron chi connectivity index (χ3n) is 5.07. The zero-order chi connectivity index (χ0) is 21.1. The summed E-state index contributed by atoms with van der Waals surface area (Å²) in [6, 6.07) is 23.2. The second kappa shape index (κ2) is 8.33. The molecule has 1 aromatic heterocycles. The van der Waals surface area contributed by atoms with Crippen LogP contribution in [0, 0.1) is 6.92 Å². The molecule has 3 aromatic carbocycles. The number of rotatable bonds is 6. The fraction of sp³-hybridized carbons (Fsp3) is 0.160. The van der Waals surface area contributed by atoms with Gasteiger partial charge in [0, 0.05) is 11.1 Å². The Morgan fingerprint density at radius 3 is 1.83 bits per heavy atom. The minimum atomic E-state index is -0.396. The molecule has 0 saturated carbocycles. The van der Waals surface area contributed by atoms with Gasteiger partial charge in [-0.15, -0.1) is 0 Å². The summed E-state index contributed by atoms with van der Waals surface area (Å²) >= 11 is 0. The zero-order valence-corrected chi connectivity index (χ0v) is 17.2. The van der Waals surface area contributed by atoms with E-state index in [1.807, 2.05) is 79.7 Å². The Morgan fingerprint density at radius 1 is 0.767 bits per heavy atom. The molecule has 0 fully saturated rings. The molecule has 0 N–H and O–H groups in total. The summed E-state index contributed by atoms with van der Waals surface area (Å²) in [5.41, 5.74) is 4.61. The molecule has 0 bridgehead atoms. The lowest BCUT2D eigenvalue weighted by Gasteiger charge is -2.10. The highest BCUT2D eigenvalue weighted by molar-refractivity contribution is 5.77. The summed E-state index contributed by atoms with van der Waals surface area (Å²) < 4.78 is 18.0. The van der Waals surface area contributed by atoms with E-state index in [1.165, 1.54) is 5.56 Å². The van der Waals surface area contributed by atoms with Gasteiger partial charge in [-0.05, 0) is 61.0 Å². The van der Waals surface area contributed by atoms with Gasteiger partial charge in [-0.2, -0.15) is 0 Å². The highest BCUT2D eigenvalue weighted by Crippen LogP contribution is 2.33. The molecule has 0 radical (unpaired) electrons. The first kappa shape index (κ1) is 19.6. The van der Waals surface area contributed by atoms with Crippen molar-refractivity contribution in [3.63, 3.8) is 0 Å². The molecule has 0 atom stereocenters. The molecule has 152 valence electrons. The summed E-state index contributed by atoms with van der Waals surface area (Å²) in [7, 11) is 3.25. The smallest absolute Gasteiger partial charge is 0.420 e. The molecule has 0 aliphatic heterocycles. The van der Waals surface area contributed by atoms with Gasteiger partial charge >= 0.3 is 5.76 Å². The molecule has 5 heteroatoms. The maximum atomic E-state index is 12.9. The summed E-state index contributed by atoms with van der Waals surface area (Å²) in [5.74, 6) is 1.62. The van der Waals surface area contributed by atoms with Gasteiger partial charge in [-0.25, -0.2) is 4.79 Å². The van der Waals surface area contributed by atoms with Crippen LogP contribution < -0.4 is 15.2 Å². The first-order valence-corrected chi connectivity index (χ1v) is 9.67. The minimum Gasteiger partial charge on any atom is -0.497 e. The molecule has 0 aliphatic carbocycles. The summed E-state index contributed by atoms with van der Waals surface area (Å²) in [5, 5.41) is 0. The lowest BCUT2D eigenvalue weighted by molar-refractivity contribution is 0.414. The first-order valence-electron chi connectivity index (χ1n) is 9.67. The number of hydrogen-bond donors (Lipinski definition) is 0. The van der Waals surface area contributed by atoms with Crippen LogP contribution in [0.15, 0.2) is 82.0 Å². The van der Waals surface area contributed by atoms with E-state index >= 15 is 0 Å². The first-order chi connectivity index (χ1) is 14.6. The Balaban J connectivity index is 1.86. The van der Waals surface area contributed by atoms with Gasteiger partial charge in [0.05, 0.1) is 26.5 Å². The standard InChI is InChI=1S/C25H23NO4/c1-17-4-6-18(7-5-17)16-26-23(19-8-12-21(28-2)13-9-19)24(30-25(26)27)20-10-14-22(29-3)15-11-20/h4-15H,16H2,1-3H3. The van der Waals surface area contributed by atoms with Crippen LogP contribution in [0.2, 0.25) is 0 Å². The highest BCUT2D eigenvalue weighted by Gasteiger charge is 2.20. The van der Waals surface area contributed by atoms with Crippen molar-refractivity contribution in [2.45, 2.75) is 13.5 Å². The van der Waals surface area contributed by atoms with E-state index in [-0.39, 0.29) is 0 Å². The molecule has 5 nitrogen and oxygen atoms in total. The average Bonchev–Trinajstić information content (AvgIpc) is 3.11. The molecule has 30 heavy (non-hydrogen) atoms. The summed E-state index contributed by atoms with van der Waals surface area (Å²) in [4.78, 5) is 12.9. The van der Waals surface area contributed by atoms with E-state index in [0.717, 1.165) is 33.9 Å². The molecule has 0 unspecified atom stereocenters. The molecular formula is C25H23NO4. The maximum Gasteiger partial charge on any atom is 0.420 e. The number of nitrogens with zero attached hydrogens (tertiary/aromatic N) is 1. The van der Waals surface area contributed by atoms with Gasteiger partial charge in [0.2, 0.25) is 0 Å². The van der Waals surface area contributed by atoms with E-state index in [0.29, 0.717) is 12.3 Å². The summed E-state index contributed by atoms with van der Waals surface area (Å²) in [6.07, 6.45) is 0. The molecule has 0 spiro atoms. The van der Waals surface area contributed by atoms with E-state index in [2.05, 4.69) is 0 Å². The molecule has 4 aromatic rings. The SMILES string of the molecule is COc1ccc(-c2oc(=O)n(Cc3ccc(C)cc3)c2-c2ccc(OC)cc2)cc1. The highest BCUT2D eigenvalue weighted by atomic mass is 16.5. The average molecular weight is 401 g/mol. The predicted octanol–water partition coefficient (Wildman–Crippen LogP) is 5.15. The Hall–Kier alpha value is -3.73. The van der Waals surface area contributed by atoms with Crippen LogP contribution in [0.4, 0.5) is 0 Å². The van der Waals surface area contributed by atoms with Crippen molar-refractivity contribution in [3.05, 3.63) is 94.5 Å². The molecular weight excluding hydrogens is 378 g/mol. The fourth-order valence-electron chi connectivity index (χ4n) is 3.40. The lowest BCUT2D eigenvalue weighted by atomic mass is 10.0. The number of benzene rings is 3. The normalized spacial score (nSPS) is 10.8. The van der Waals surface area contributed by atoms with Crippen LogP contribution in [-0.4, -0.2) is 18.8 Å². The third kappa shape index (κ3) is 3.87. The fourth-order valence-corrected chi connectivity index (χ4v) is 3.40. The Bertz CT molecular complexity index is 1180. The van der Waals surface area contributed by atoms with Crippen LogP contribution in [-0.2, 0) is 6.54 Å². The van der Waals surface area contributed by atoms with Crippen LogP contribution >= 0.6 is 0 Å². The van der Waals surface area contributed by atoms with Gasteiger partial charge in [0.1, 0.15) is 11.5 Å². The number of ether oxygens (including phenoxy) is 2. The number of oxazole rings is 1. The Labute approximate surface area is 175 Å². The van der Waals surface area contributed by atoms with Gasteiger partial charge in [0.25, 0.3) is 0 Å². The van der Waals surface area contributed by atoms with Crippen molar-refractivity contribution in [2.75, 3.05) is 14.2 Å². The van der Waals surface area contributed by atoms with Crippen LogP contribution in [0.25, 0.3) is 22.6 Å². The van der Waals surface area contributed by atoms with Crippen LogP contribution in [0.5, 0.6) is 11.5 Å². The van der Waals surface area contributed by atoms with E-state index in [9.17, 15) is 4.79 Å². The van der Waals surface area contributed by atoms with Crippen LogP contribution in [0.3, 0.4) is 0 Å².